The van der Waals surface area contributed by atoms with Crippen molar-refractivity contribution in [2.75, 3.05) is 18.5 Å². The molecule has 2 aliphatic rings. The maximum absolute atomic E-state index is 13.5. The summed E-state index contributed by atoms with van der Waals surface area (Å²) < 4.78 is 16.8. The quantitative estimate of drug-likeness (QED) is 0.338. The highest BCUT2D eigenvalue weighted by Gasteiger charge is 2.29. The molecule has 1 saturated heterocycles. The molecule has 0 bridgehead atoms. The van der Waals surface area contributed by atoms with Crippen molar-refractivity contribution >= 4 is 39.9 Å². The van der Waals surface area contributed by atoms with E-state index in [1.54, 1.807) is 26.2 Å². The fourth-order valence-electron chi connectivity index (χ4n) is 4.89. The van der Waals surface area contributed by atoms with E-state index in [0.717, 1.165) is 43.5 Å². The third kappa shape index (κ3) is 3.98. The first-order chi connectivity index (χ1) is 18.6. The number of hydrogen-bond acceptors (Lipinski definition) is 8. The van der Waals surface area contributed by atoms with E-state index in [1.165, 1.54) is 0 Å². The zero-order chi connectivity index (χ0) is 25.8. The SMILES string of the molecule is Cn1c(Nc2cc(C3CC3)nn(C3CCCOC3)c2=O)nc2ncc(Oc3cnn4ccccc34)c(Cl)c21. The maximum Gasteiger partial charge on any atom is 0.290 e. The van der Waals surface area contributed by atoms with Crippen LogP contribution in [0.25, 0.3) is 16.7 Å². The molecule has 0 aromatic carbocycles. The van der Waals surface area contributed by atoms with Gasteiger partial charge in [-0.3, -0.25) is 4.79 Å². The molecule has 1 unspecified atom stereocenters. The second-order valence-corrected chi connectivity index (χ2v) is 10.1. The maximum atomic E-state index is 13.5. The number of nitrogens with zero attached hydrogens (tertiary/aromatic N) is 7. The third-order valence-electron chi connectivity index (χ3n) is 7.09. The molecule has 1 atom stereocenters. The molecule has 5 aromatic rings. The monoisotopic (exact) mass is 532 g/mol. The van der Waals surface area contributed by atoms with Gasteiger partial charge in [-0.2, -0.15) is 15.2 Å². The molecule has 1 aliphatic carbocycles. The first-order valence-electron chi connectivity index (χ1n) is 12.7. The Balaban J connectivity index is 1.25. The van der Waals surface area contributed by atoms with Gasteiger partial charge in [0.25, 0.3) is 5.56 Å². The Hall–Kier alpha value is -3.96. The minimum absolute atomic E-state index is 0.0771. The summed E-state index contributed by atoms with van der Waals surface area (Å²) in [6.07, 6.45) is 8.94. The van der Waals surface area contributed by atoms with Gasteiger partial charge < -0.3 is 19.4 Å². The van der Waals surface area contributed by atoms with Crippen molar-refractivity contribution in [3.05, 3.63) is 63.9 Å². The molecule has 2 fully saturated rings. The standard InChI is InChI=1S/C26H25ClN8O3/c1-33-23-22(27)21(38-20-13-29-34-9-3-2-6-19(20)34)12-28-24(23)31-26(33)30-18-11-17(15-7-8-15)32-35(25(18)36)16-5-4-10-37-14-16/h2-3,6,9,11-13,15-16H,4-5,7-8,10,14H2,1H3,(H,28,30,31). The van der Waals surface area contributed by atoms with Gasteiger partial charge in [-0.05, 0) is 43.9 Å². The smallest absolute Gasteiger partial charge is 0.290 e. The fourth-order valence-corrected chi connectivity index (χ4v) is 5.19. The molecule has 1 N–H and O–H groups in total. The lowest BCUT2D eigenvalue weighted by atomic mass is 10.1. The molecule has 38 heavy (non-hydrogen) atoms. The Morgan fingerprint density at radius 3 is 2.89 bits per heavy atom. The van der Waals surface area contributed by atoms with Crippen LogP contribution >= 0.6 is 11.6 Å². The van der Waals surface area contributed by atoms with Crippen molar-refractivity contribution in [2.24, 2.45) is 7.05 Å². The van der Waals surface area contributed by atoms with Gasteiger partial charge in [0.05, 0.1) is 30.7 Å². The zero-order valence-corrected chi connectivity index (χ0v) is 21.4. The lowest BCUT2D eigenvalue weighted by molar-refractivity contribution is 0.0530. The largest absolute Gasteiger partial charge is 0.450 e. The Bertz CT molecular complexity index is 1730. The molecular weight excluding hydrogens is 508 g/mol. The van der Waals surface area contributed by atoms with Crippen LogP contribution in [0.4, 0.5) is 11.6 Å². The average molecular weight is 533 g/mol. The number of ether oxygens (including phenoxy) is 2. The summed E-state index contributed by atoms with van der Waals surface area (Å²) in [5.74, 6) is 1.76. The van der Waals surface area contributed by atoms with E-state index in [-0.39, 0.29) is 11.6 Å². The number of aromatic nitrogens is 7. The van der Waals surface area contributed by atoms with Crippen molar-refractivity contribution in [1.82, 2.24) is 33.9 Å². The number of imidazole rings is 1. The summed E-state index contributed by atoms with van der Waals surface area (Å²) in [6.45, 7) is 1.21. The first kappa shape index (κ1) is 23.2. The van der Waals surface area contributed by atoms with Gasteiger partial charge in [-0.15, -0.1) is 0 Å². The van der Waals surface area contributed by atoms with Gasteiger partial charge >= 0.3 is 0 Å². The van der Waals surface area contributed by atoms with Crippen LogP contribution in [0.1, 0.15) is 43.3 Å². The van der Waals surface area contributed by atoms with Crippen molar-refractivity contribution in [2.45, 2.75) is 37.6 Å². The highest BCUT2D eigenvalue weighted by Crippen LogP contribution is 2.40. The van der Waals surface area contributed by atoms with Crippen LogP contribution in [0.2, 0.25) is 5.02 Å². The fraction of sp³-hybridized carbons (Fsp3) is 0.346. The topological polar surface area (TPSA) is 113 Å². The number of hydrogen-bond donors (Lipinski definition) is 1. The van der Waals surface area contributed by atoms with Crippen molar-refractivity contribution in [3.8, 4) is 11.5 Å². The molecule has 6 heterocycles. The average Bonchev–Trinajstić information content (AvgIpc) is 3.64. The third-order valence-corrected chi connectivity index (χ3v) is 7.46. The molecular formula is C26H25ClN8O3. The second-order valence-electron chi connectivity index (χ2n) is 9.75. The van der Waals surface area contributed by atoms with E-state index in [0.29, 0.717) is 51.8 Å². The predicted molar refractivity (Wildman–Crippen MR) is 142 cm³/mol. The number of halogens is 1. The lowest BCUT2D eigenvalue weighted by Crippen LogP contribution is -2.34. The molecule has 11 nitrogen and oxygen atoms in total. The molecule has 194 valence electrons. The minimum atomic E-state index is -0.201. The normalized spacial score (nSPS) is 17.8. The summed E-state index contributed by atoms with van der Waals surface area (Å²) >= 11 is 6.79. The Labute approximate surface area is 222 Å². The van der Waals surface area contributed by atoms with Gasteiger partial charge in [0, 0.05) is 25.8 Å². The van der Waals surface area contributed by atoms with E-state index in [1.807, 2.05) is 37.5 Å². The highest BCUT2D eigenvalue weighted by molar-refractivity contribution is 6.36. The van der Waals surface area contributed by atoms with E-state index in [2.05, 4.69) is 20.4 Å². The van der Waals surface area contributed by atoms with Crippen LogP contribution in [-0.4, -0.2) is 47.1 Å². The number of aryl methyl sites for hydroxylation is 1. The van der Waals surface area contributed by atoms with Crippen LogP contribution in [0.5, 0.6) is 11.5 Å². The van der Waals surface area contributed by atoms with Crippen LogP contribution in [-0.2, 0) is 11.8 Å². The number of fused-ring (bicyclic) bond motifs is 2. The van der Waals surface area contributed by atoms with Gasteiger partial charge in [-0.1, -0.05) is 17.7 Å². The number of nitrogens with one attached hydrogen (secondary N) is 1. The highest BCUT2D eigenvalue weighted by atomic mass is 35.5. The predicted octanol–water partition coefficient (Wildman–Crippen LogP) is 4.59. The molecule has 5 aromatic heterocycles. The van der Waals surface area contributed by atoms with E-state index in [4.69, 9.17) is 26.2 Å². The molecule has 0 amide bonds. The van der Waals surface area contributed by atoms with Gasteiger partial charge in [0.15, 0.2) is 17.1 Å². The molecule has 7 rings (SSSR count). The van der Waals surface area contributed by atoms with Gasteiger partial charge in [-0.25, -0.2) is 14.2 Å². The second kappa shape index (κ2) is 9.10. The van der Waals surface area contributed by atoms with Crippen LogP contribution in [0.3, 0.4) is 0 Å². The molecule has 12 heteroatoms. The van der Waals surface area contributed by atoms with E-state index >= 15 is 0 Å². The number of anilines is 2. The first-order valence-corrected chi connectivity index (χ1v) is 13.0. The zero-order valence-electron chi connectivity index (χ0n) is 20.7. The molecule has 0 radical (unpaired) electrons. The molecule has 1 aliphatic heterocycles. The summed E-state index contributed by atoms with van der Waals surface area (Å²) in [5.41, 5.74) is 2.96. The summed E-state index contributed by atoms with van der Waals surface area (Å²) in [6, 6.07) is 7.48. The van der Waals surface area contributed by atoms with Crippen molar-refractivity contribution in [1.29, 1.82) is 0 Å². The Kier molecular flexibility index (Phi) is 5.55. The molecule has 0 spiro atoms. The van der Waals surface area contributed by atoms with Gasteiger partial charge in [0.1, 0.15) is 21.7 Å². The van der Waals surface area contributed by atoms with Crippen LogP contribution < -0.4 is 15.6 Å². The van der Waals surface area contributed by atoms with E-state index in [9.17, 15) is 4.79 Å². The van der Waals surface area contributed by atoms with Crippen molar-refractivity contribution < 1.29 is 9.47 Å². The number of rotatable bonds is 6. The number of pyridine rings is 2. The summed E-state index contributed by atoms with van der Waals surface area (Å²) in [4.78, 5) is 22.6. The Morgan fingerprint density at radius 2 is 2.08 bits per heavy atom. The van der Waals surface area contributed by atoms with Crippen LogP contribution in [0.15, 0.2) is 47.7 Å². The Morgan fingerprint density at radius 1 is 1.18 bits per heavy atom. The summed E-state index contributed by atoms with van der Waals surface area (Å²) in [5, 5.41) is 12.6. The van der Waals surface area contributed by atoms with Crippen molar-refractivity contribution in [3.63, 3.8) is 0 Å². The lowest BCUT2D eigenvalue weighted by Gasteiger charge is -2.24. The van der Waals surface area contributed by atoms with E-state index < -0.39 is 0 Å². The van der Waals surface area contributed by atoms with Crippen LogP contribution in [0, 0.1) is 0 Å². The minimum Gasteiger partial charge on any atom is -0.450 e. The van der Waals surface area contributed by atoms with Gasteiger partial charge in [0.2, 0.25) is 5.95 Å². The molecule has 1 saturated carbocycles. The summed E-state index contributed by atoms with van der Waals surface area (Å²) in [7, 11) is 1.82.